The van der Waals surface area contributed by atoms with Gasteiger partial charge in [-0.1, -0.05) is 0 Å². The highest BCUT2D eigenvalue weighted by atomic mass is 32.1. The summed E-state index contributed by atoms with van der Waals surface area (Å²) in [5, 5.41) is 12.1. The number of aromatic hydroxyl groups is 1. The molecular weight excluding hydrogens is 339 g/mol. The van der Waals surface area contributed by atoms with Crippen LogP contribution in [0.3, 0.4) is 0 Å². The van der Waals surface area contributed by atoms with Crippen LogP contribution in [-0.2, 0) is 6.18 Å². The number of nitrogens with zero attached hydrogens (tertiary/aromatic N) is 1. The van der Waals surface area contributed by atoms with Crippen molar-refractivity contribution in [3.63, 3.8) is 0 Å². The molecule has 0 aliphatic heterocycles. The zero-order chi connectivity index (χ0) is 17.3. The minimum atomic E-state index is -4.49. The summed E-state index contributed by atoms with van der Waals surface area (Å²) in [5.41, 5.74) is 0.907. The van der Waals surface area contributed by atoms with Crippen LogP contribution in [-0.4, -0.2) is 17.2 Å². The van der Waals surface area contributed by atoms with Crippen LogP contribution in [0.1, 0.15) is 5.56 Å². The predicted octanol–water partition coefficient (Wildman–Crippen LogP) is 5.21. The molecule has 0 aliphatic rings. The van der Waals surface area contributed by atoms with Crippen LogP contribution in [0.15, 0.2) is 47.8 Å². The number of thiazole rings is 1. The Bertz CT molecular complexity index is 857. The van der Waals surface area contributed by atoms with E-state index in [9.17, 15) is 18.3 Å². The third-order valence-electron chi connectivity index (χ3n) is 3.45. The van der Waals surface area contributed by atoms with Gasteiger partial charge in [0.2, 0.25) is 0 Å². The van der Waals surface area contributed by atoms with Crippen molar-refractivity contribution < 1.29 is 23.0 Å². The van der Waals surface area contributed by atoms with E-state index in [0.717, 1.165) is 17.4 Å². The Balaban J connectivity index is 1.93. The van der Waals surface area contributed by atoms with E-state index in [2.05, 4.69) is 4.98 Å². The summed E-state index contributed by atoms with van der Waals surface area (Å²) in [5.74, 6) is 0.273. The Morgan fingerprint density at radius 1 is 1.08 bits per heavy atom. The van der Waals surface area contributed by atoms with Gasteiger partial charge in [0.25, 0.3) is 0 Å². The number of phenols is 1. The molecule has 24 heavy (non-hydrogen) atoms. The number of benzene rings is 2. The highest BCUT2D eigenvalue weighted by Gasteiger charge is 2.31. The van der Waals surface area contributed by atoms with Crippen LogP contribution in [0.5, 0.6) is 11.5 Å². The fourth-order valence-corrected chi connectivity index (χ4v) is 3.04. The van der Waals surface area contributed by atoms with E-state index in [1.54, 1.807) is 24.6 Å². The molecule has 1 N–H and O–H groups in total. The van der Waals surface area contributed by atoms with Gasteiger partial charge < -0.3 is 9.84 Å². The molecule has 0 saturated carbocycles. The molecule has 3 rings (SSSR count). The Labute approximate surface area is 140 Å². The van der Waals surface area contributed by atoms with Crippen molar-refractivity contribution in [3.05, 3.63) is 53.4 Å². The molecule has 3 nitrogen and oxygen atoms in total. The summed E-state index contributed by atoms with van der Waals surface area (Å²) < 4.78 is 43.1. The van der Waals surface area contributed by atoms with Gasteiger partial charge in [-0.05, 0) is 42.5 Å². The van der Waals surface area contributed by atoms with Gasteiger partial charge in [0.1, 0.15) is 16.5 Å². The van der Waals surface area contributed by atoms with E-state index in [4.69, 9.17) is 4.74 Å². The Morgan fingerprint density at radius 2 is 1.79 bits per heavy atom. The number of rotatable bonds is 3. The van der Waals surface area contributed by atoms with E-state index < -0.39 is 17.5 Å². The molecule has 0 bridgehead atoms. The molecule has 1 heterocycles. The lowest BCUT2D eigenvalue weighted by atomic mass is 10.1. The molecule has 0 amide bonds. The van der Waals surface area contributed by atoms with E-state index >= 15 is 0 Å². The van der Waals surface area contributed by atoms with Crippen LogP contribution < -0.4 is 4.74 Å². The monoisotopic (exact) mass is 351 g/mol. The van der Waals surface area contributed by atoms with E-state index in [1.807, 2.05) is 12.1 Å². The maximum Gasteiger partial charge on any atom is 0.416 e. The minimum absolute atomic E-state index is 0.271. The van der Waals surface area contributed by atoms with Gasteiger partial charge in [-0.3, -0.25) is 0 Å². The van der Waals surface area contributed by atoms with E-state index in [0.29, 0.717) is 16.8 Å². The molecule has 7 heteroatoms. The second kappa shape index (κ2) is 6.16. The van der Waals surface area contributed by atoms with Crippen LogP contribution in [0.2, 0.25) is 0 Å². The van der Waals surface area contributed by atoms with Crippen molar-refractivity contribution in [1.29, 1.82) is 0 Å². The first-order valence-electron chi connectivity index (χ1n) is 6.89. The summed E-state index contributed by atoms with van der Waals surface area (Å²) >= 11 is 1.25. The Kier molecular flexibility index (Phi) is 4.19. The van der Waals surface area contributed by atoms with Crippen molar-refractivity contribution in [3.8, 4) is 33.3 Å². The number of alkyl halides is 3. The van der Waals surface area contributed by atoms with Gasteiger partial charge in [-0.25, -0.2) is 4.98 Å². The molecule has 3 aromatic rings. The van der Waals surface area contributed by atoms with Crippen molar-refractivity contribution >= 4 is 11.3 Å². The molecule has 0 aliphatic carbocycles. The van der Waals surface area contributed by atoms with Crippen LogP contribution >= 0.6 is 11.3 Å². The number of methoxy groups -OCH3 is 1. The second-order valence-electron chi connectivity index (χ2n) is 5.00. The van der Waals surface area contributed by atoms with Gasteiger partial charge in [0.15, 0.2) is 0 Å². The number of hydrogen-bond donors (Lipinski definition) is 1. The minimum Gasteiger partial charge on any atom is -0.507 e. The molecular formula is C17H12F3NO2S. The highest BCUT2D eigenvalue weighted by molar-refractivity contribution is 7.13. The topological polar surface area (TPSA) is 42.4 Å². The summed E-state index contributed by atoms with van der Waals surface area (Å²) in [6.45, 7) is 0. The molecule has 0 radical (unpaired) electrons. The summed E-state index contributed by atoms with van der Waals surface area (Å²) in [6, 6.07) is 10.1. The fraction of sp³-hybridized carbons (Fsp3) is 0.118. The molecule has 2 aromatic carbocycles. The Morgan fingerprint density at radius 3 is 2.38 bits per heavy atom. The smallest absolute Gasteiger partial charge is 0.416 e. The number of hydrogen-bond acceptors (Lipinski definition) is 4. The summed E-state index contributed by atoms with van der Waals surface area (Å²) in [4.78, 5) is 4.40. The average molecular weight is 351 g/mol. The first-order chi connectivity index (χ1) is 11.4. The number of aromatic nitrogens is 1. The van der Waals surface area contributed by atoms with Crippen molar-refractivity contribution in [2.24, 2.45) is 0 Å². The highest BCUT2D eigenvalue weighted by Crippen LogP contribution is 2.38. The van der Waals surface area contributed by atoms with Crippen molar-refractivity contribution in [2.45, 2.75) is 6.18 Å². The molecule has 0 fully saturated rings. The standard InChI is InChI=1S/C17H12F3NO2S/c1-23-12-5-2-10(3-6-12)14-9-24-16(21-14)13-7-4-11(8-15(13)22)17(18,19)20/h2-9,22H,1H3. The van der Waals surface area contributed by atoms with Gasteiger partial charge >= 0.3 is 6.18 Å². The zero-order valence-corrected chi connectivity index (χ0v) is 13.3. The van der Waals surface area contributed by atoms with Crippen molar-refractivity contribution in [2.75, 3.05) is 7.11 Å². The van der Waals surface area contributed by atoms with Crippen LogP contribution in [0.4, 0.5) is 13.2 Å². The Hall–Kier alpha value is -2.54. The number of phenolic OH excluding ortho intramolecular Hbond substituents is 1. The lowest BCUT2D eigenvalue weighted by Gasteiger charge is -2.08. The summed E-state index contributed by atoms with van der Waals surface area (Å²) in [7, 11) is 1.57. The van der Waals surface area contributed by atoms with Gasteiger partial charge in [-0.2, -0.15) is 13.2 Å². The van der Waals surface area contributed by atoms with Crippen molar-refractivity contribution in [1.82, 2.24) is 4.98 Å². The predicted molar refractivity (Wildman–Crippen MR) is 86.2 cm³/mol. The molecule has 0 unspecified atom stereocenters. The molecule has 1 aromatic heterocycles. The fourth-order valence-electron chi connectivity index (χ4n) is 2.18. The first-order valence-corrected chi connectivity index (χ1v) is 7.77. The lowest BCUT2D eigenvalue weighted by molar-refractivity contribution is -0.137. The lowest BCUT2D eigenvalue weighted by Crippen LogP contribution is -2.04. The molecule has 0 spiro atoms. The third kappa shape index (κ3) is 3.21. The maximum atomic E-state index is 12.7. The number of ether oxygens (including phenoxy) is 1. The van der Waals surface area contributed by atoms with Crippen LogP contribution in [0, 0.1) is 0 Å². The third-order valence-corrected chi connectivity index (χ3v) is 4.32. The van der Waals surface area contributed by atoms with Gasteiger partial charge in [-0.15, -0.1) is 11.3 Å². The molecule has 0 saturated heterocycles. The second-order valence-corrected chi connectivity index (χ2v) is 5.85. The van der Waals surface area contributed by atoms with Gasteiger partial charge in [0.05, 0.1) is 23.9 Å². The molecule has 0 atom stereocenters. The van der Waals surface area contributed by atoms with E-state index in [1.165, 1.54) is 17.4 Å². The first kappa shape index (κ1) is 16.3. The normalized spacial score (nSPS) is 11.5. The van der Waals surface area contributed by atoms with Gasteiger partial charge in [0, 0.05) is 10.9 Å². The quantitative estimate of drug-likeness (QED) is 0.704. The van der Waals surface area contributed by atoms with Crippen LogP contribution in [0.25, 0.3) is 21.8 Å². The average Bonchev–Trinajstić information content (AvgIpc) is 3.03. The number of halogens is 3. The maximum absolute atomic E-state index is 12.7. The largest absolute Gasteiger partial charge is 0.507 e. The summed E-state index contributed by atoms with van der Waals surface area (Å²) in [6.07, 6.45) is -4.49. The zero-order valence-electron chi connectivity index (χ0n) is 12.5. The molecule has 124 valence electrons. The van der Waals surface area contributed by atoms with E-state index in [-0.39, 0.29) is 5.56 Å². The SMILES string of the molecule is COc1ccc(-c2csc(-c3ccc(C(F)(F)F)cc3O)n2)cc1.